The van der Waals surface area contributed by atoms with Gasteiger partial charge in [0.15, 0.2) is 0 Å². The Hall–Kier alpha value is -1.22. The van der Waals surface area contributed by atoms with Gasteiger partial charge in [0.1, 0.15) is 0 Å². The quantitative estimate of drug-likeness (QED) is 0.895. The molecule has 4 heteroatoms. The minimum Gasteiger partial charge on any atom is -0.366 e. The van der Waals surface area contributed by atoms with E-state index in [0.717, 1.165) is 31.7 Å². The van der Waals surface area contributed by atoms with E-state index >= 15 is 0 Å². The van der Waals surface area contributed by atoms with Gasteiger partial charge in [-0.05, 0) is 30.2 Å². The summed E-state index contributed by atoms with van der Waals surface area (Å²) in [5, 5.41) is 4.56. The lowest BCUT2D eigenvalue weighted by Crippen LogP contribution is -2.57. The molecule has 2 aromatic rings. The van der Waals surface area contributed by atoms with E-state index in [9.17, 15) is 0 Å². The summed E-state index contributed by atoms with van der Waals surface area (Å²) in [7, 11) is 0. The number of nitrogens with one attached hydrogen (secondary N) is 1. The summed E-state index contributed by atoms with van der Waals surface area (Å²) in [6.45, 7) is 3.03. The lowest BCUT2D eigenvalue weighted by atomic mass is 10.1. The first-order chi connectivity index (χ1) is 10.2. The van der Waals surface area contributed by atoms with Crippen LogP contribution in [-0.4, -0.2) is 25.7 Å². The topological polar surface area (TPSA) is 15.3 Å². The van der Waals surface area contributed by atoms with Crippen LogP contribution in [0.25, 0.3) is 0 Å². The van der Waals surface area contributed by atoms with Gasteiger partial charge in [-0.1, -0.05) is 53.5 Å². The van der Waals surface area contributed by atoms with Crippen molar-refractivity contribution in [1.29, 1.82) is 0 Å². The van der Waals surface area contributed by atoms with Crippen LogP contribution in [0.2, 0.25) is 10.0 Å². The van der Waals surface area contributed by atoms with E-state index in [4.69, 9.17) is 23.2 Å². The maximum Gasteiger partial charge on any atom is 0.0612 e. The van der Waals surface area contributed by atoms with Crippen molar-refractivity contribution in [1.82, 2.24) is 5.32 Å². The van der Waals surface area contributed by atoms with Crippen molar-refractivity contribution in [2.75, 3.05) is 24.5 Å². The predicted molar refractivity (Wildman–Crippen MR) is 90.6 cm³/mol. The molecule has 3 rings (SSSR count). The second-order valence-corrected chi connectivity index (χ2v) is 6.15. The summed E-state index contributed by atoms with van der Waals surface area (Å²) in [5.74, 6) is 0. The van der Waals surface area contributed by atoms with Gasteiger partial charge in [0, 0.05) is 25.3 Å². The molecule has 0 bridgehead atoms. The molecule has 1 N–H and O–H groups in total. The van der Waals surface area contributed by atoms with Gasteiger partial charge in [-0.3, -0.25) is 0 Å². The van der Waals surface area contributed by atoms with Crippen LogP contribution in [0.4, 0.5) is 5.69 Å². The molecule has 0 radical (unpaired) electrons. The van der Waals surface area contributed by atoms with Crippen LogP contribution < -0.4 is 10.2 Å². The van der Waals surface area contributed by atoms with Crippen LogP contribution in [0.5, 0.6) is 0 Å². The first-order valence-electron chi connectivity index (χ1n) is 7.20. The van der Waals surface area contributed by atoms with E-state index in [1.54, 1.807) is 0 Å². The fourth-order valence-corrected chi connectivity index (χ4v) is 2.87. The van der Waals surface area contributed by atoms with E-state index < -0.39 is 0 Å². The van der Waals surface area contributed by atoms with Gasteiger partial charge in [0.25, 0.3) is 0 Å². The van der Waals surface area contributed by atoms with E-state index in [-0.39, 0.29) is 0 Å². The van der Waals surface area contributed by atoms with Crippen LogP contribution >= 0.6 is 23.2 Å². The molecule has 0 aromatic heterocycles. The van der Waals surface area contributed by atoms with E-state index in [1.165, 1.54) is 5.56 Å². The molecular weight excluding hydrogens is 303 g/mol. The number of benzene rings is 2. The Kier molecular flexibility index (Phi) is 4.69. The lowest BCUT2D eigenvalue weighted by molar-refractivity contribution is 0.414. The van der Waals surface area contributed by atoms with Crippen molar-refractivity contribution < 1.29 is 0 Å². The third-order valence-electron chi connectivity index (χ3n) is 3.92. The van der Waals surface area contributed by atoms with Gasteiger partial charge in [0.05, 0.1) is 16.1 Å². The Morgan fingerprint density at radius 3 is 2.38 bits per heavy atom. The van der Waals surface area contributed by atoms with Crippen molar-refractivity contribution in [3.05, 3.63) is 64.1 Å². The Labute approximate surface area is 135 Å². The monoisotopic (exact) mass is 320 g/mol. The van der Waals surface area contributed by atoms with Gasteiger partial charge in [0.2, 0.25) is 0 Å². The van der Waals surface area contributed by atoms with E-state index in [0.29, 0.717) is 16.1 Å². The summed E-state index contributed by atoms with van der Waals surface area (Å²) in [6, 6.07) is 17.0. The Balaban J connectivity index is 1.76. The number of halogens is 2. The summed E-state index contributed by atoms with van der Waals surface area (Å²) in [4.78, 5) is 2.42. The smallest absolute Gasteiger partial charge is 0.0612 e. The van der Waals surface area contributed by atoms with E-state index in [2.05, 4.69) is 46.6 Å². The second kappa shape index (κ2) is 6.69. The highest BCUT2D eigenvalue weighted by Gasteiger charge is 2.24. The predicted octanol–water partition coefficient (Wildman–Crippen LogP) is 4.01. The highest BCUT2D eigenvalue weighted by atomic mass is 35.5. The van der Waals surface area contributed by atoms with Crippen molar-refractivity contribution >= 4 is 28.9 Å². The molecule has 2 nitrogen and oxygen atoms in total. The van der Waals surface area contributed by atoms with Crippen molar-refractivity contribution in [3.63, 3.8) is 0 Å². The highest BCUT2D eigenvalue weighted by Crippen LogP contribution is 2.29. The van der Waals surface area contributed by atoms with Crippen LogP contribution in [0.1, 0.15) is 5.56 Å². The SMILES string of the molecule is Clc1ccc(N(CCc2ccccc2)C2CNC2)cc1Cl. The molecule has 0 atom stereocenters. The molecule has 2 aromatic carbocycles. The fourth-order valence-electron chi connectivity index (χ4n) is 2.57. The molecule has 1 aliphatic rings. The van der Waals surface area contributed by atoms with Gasteiger partial charge < -0.3 is 10.2 Å². The molecular formula is C17H18Cl2N2. The van der Waals surface area contributed by atoms with Crippen LogP contribution in [0.15, 0.2) is 48.5 Å². The number of nitrogens with zero attached hydrogens (tertiary/aromatic N) is 1. The molecule has 21 heavy (non-hydrogen) atoms. The van der Waals surface area contributed by atoms with Gasteiger partial charge in [-0.15, -0.1) is 0 Å². The zero-order valence-corrected chi connectivity index (χ0v) is 13.2. The molecule has 110 valence electrons. The molecule has 0 spiro atoms. The molecule has 0 amide bonds. The Morgan fingerprint density at radius 2 is 1.76 bits per heavy atom. The zero-order chi connectivity index (χ0) is 14.7. The standard InChI is InChI=1S/C17H18Cl2N2/c18-16-7-6-14(10-17(16)19)21(15-11-20-12-15)9-8-13-4-2-1-3-5-13/h1-7,10,15,20H,8-9,11-12H2. The summed E-state index contributed by atoms with van der Waals surface area (Å²) in [6.07, 6.45) is 1.03. The minimum atomic E-state index is 0.533. The van der Waals surface area contributed by atoms with Crippen LogP contribution in [0.3, 0.4) is 0 Å². The molecule has 1 heterocycles. The third kappa shape index (κ3) is 3.52. The average molecular weight is 321 g/mol. The maximum atomic E-state index is 6.17. The summed E-state index contributed by atoms with van der Waals surface area (Å²) < 4.78 is 0. The normalized spacial score (nSPS) is 14.8. The molecule has 0 unspecified atom stereocenters. The number of hydrogen-bond acceptors (Lipinski definition) is 2. The second-order valence-electron chi connectivity index (χ2n) is 5.34. The molecule has 1 saturated heterocycles. The first-order valence-corrected chi connectivity index (χ1v) is 7.96. The zero-order valence-electron chi connectivity index (χ0n) is 11.7. The molecule has 1 aliphatic heterocycles. The minimum absolute atomic E-state index is 0.533. The third-order valence-corrected chi connectivity index (χ3v) is 4.66. The van der Waals surface area contributed by atoms with Gasteiger partial charge in [-0.2, -0.15) is 0 Å². The largest absolute Gasteiger partial charge is 0.366 e. The average Bonchev–Trinajstić information content (AvgIpc) is 2.45. The summed E-state index contributed by atoms with van der Waals surface area (Å²) in [5.41, 5.74) is 2.50. The van der Waals surface area contributed by atoms with Crippen LogP contribution in [0, 0.1) is 0 Å². The van der Waals surface area contributed by atoms with Crippen molar-refractivity contribution in [2.45, 2.75) is 12.5 Å². The lowest BCUT2D eigenvalue weighted by Gasteiger charge is -2.40. The Morgan fingerprint density at radius 1 is 1.00 bits per heavy atom. The molecule has 0 aliphatic carbocycles. The highest BCUT2D eigenvalue weighted by molar-refractivity contribution is 6.42. The van der Waals surface area contributed by atoms with Gasteiger partial charge >= 0.3 is 0 Å². The number of anilines is 1. The fraction of sp³-hybridized carbons (Fsp3) is 0.294. The Bertz CT molecular complexity index is 597. The van der Waals surface area contributed by atoms with Crippen molar-refractivity contribution in [3.8, 4) is 0 Å². The van der Waals surface area contributed by atoms with E-state index in [1.807, 2.05) is 12.1 Å². The number of hydrogen-bond donors (Lipinski definition) is 1. The first kappa shape index (κ1) is 14.7. The van der Waals surface area contributed by atoms with Gasteiger partial charge in [-0.25, -0.2) is 0 Å². The molecule has 0 saturated carbocycles. The summed E-state index contributed by atoms with van der Waals surface area (Å²) >= 11 is 12.2. The maximum absolute atomic E-state index is 6.17. The van der Waals surface area contributed by atoms with Crippen LogP contribution in [-0.2, 0) is 6.42 Å². The van der Waals surface area contributed by atoms with Crippen molar-refractivity contribution in [2.24, 2.45) is 0 Å². The number of rotatable bonds is 5. The molecule has 1 fully saturated rings.